The molecule has 4 nitrogen and oxygen atoms in total. The molecule has 0 aliphatic carbocycles. The fourth-order valence-electron chi connectivity index (χ4n) is 2.32. The van der Waals surface area contributed by atoms with Gasteiger partial charge in [-0.25, -0.2) is 9.97 Å². The number of piperidine rings is 1. The maximum atomic E-state index is 12.7. The van der Waals surface area contributed by atoms with Gasteiger partial charge in [0.2, 0.25) is 5.28 Å². The van der Waals surface area contributed by atoms with Crippen LogP contribution in [0.15, 0.2) is 6.07 Å². The fourth-order valence-corrected chi connectivity index (χ4v) is 2.50. The van der Waals surface area contributed by atoms with Gasteiger partial charge in [0, 0.05) is 19.2 Å². The monoisotopic (exact) mass is 309 g/mol. The normalized spacial score (nSPS) is 19.2. The van der Waals surface area contributed by atoms with E-state index in [0.29, 0.717) is 25.9 Å². The predicted octanol–water partition coefficient (Wildman–Crippen LogP) is 2.75. The van der Waals surface area contributed by atoms with E-state index in [1.807, 2.05) is 0 Å². The quantitative estimate of drug-likeness (QED) is 0.854. The Kier molecular flexibility index (Phi) is 4.39. The van der Waals surface area contributed by atoms with Crippen LogP contribution in [-0.4, -0.2) is 34.3 Å². The summed E-state index contributed by atoms with van der Waals surface area (Å²) in [4.78, 5) is 8.80. The summed E-state index contributed by atoms with van der Waals surface area (Å²) in [5, 5.41) is 9.11. The van der Waals surface area contributed by atoms with Crippen LogP contribution < -0.4 is 4.90 Å². The maximum Gasteiger partial charge on any atom is 0.433 e. The molecule has 0 radical (unpaired) electrons. The van der Waals surface area contributed by atoms with Gasteiger partial charge in [0.1, 0.15) is 5.82 Å². The number of nitrogens with zero attached hydrogens (tertiary/aromatic N) is 3. The Balaban J connectivity index is 2.16. The van der Waals surface area contributed by atoms with Crippen molar-refractivity contribution in [3.63, 3.8) is 0 Å². The zero-order chi connectivity index (χ0) is 14.9. The number of halogens is 4. The van der Waals surface area contributed by atoms with Crippen molar-refractivity contribution >= 4 is 17.4 Å². The molecule has 1 aromatic heterocycles. The average molecular weight is 310 g/mol. The topological polar surface area (TPSA) is 49.2 Å². The molecule has 1 aromatic rings. The first-order valence-electron chi connectivity index (χ1n) is 6.32. The summed E-state index contributed by atoms with van der Waals surface area (Å²) in [5.74, 6) is 0.354. The minimum absolute atomic E-state index is 0.172. The largest absolute Gasteiger partial charge is 0.433 e. The maximum absolute atomic E-state index is 12.7. The number of hydrogen-bond donors (Lipinski definition) is 1. The van der Waals surface area contributed by atoms with Crippen LogP contribution in [0, 0.1) is 5.92 Å². The number of aliphatic hydroxyl groups excluding tert-OH is 1. The minimum atomic E-state index is -4.54. The first kappa shape index (κ1) is 15.3. The number of aromatic nitrogens is 2. The number of alkyl halides is 3. The average Bonchev–Trinajstić information content (AvgIpc) is 2.37. The summed E-state index contributed by atoms with van der Waals surface area (Å²) >= 11 is 5.57. The Morgan fingerprint density at radius 2 is 1.95 bits per heavy atom. The molecule has 112 valence electrons. The summed E-state index contributed by atoms with van der Waals surface area (Å²) in [6.45, 7) is 2.81. The number of anilines is 1. The van der Waals surface area contributed by atoms with Gasteiger partial charge in [-0.05, 0) is 37.3 Å². The molecule has 0 spiro atoms. The molecule has 1 atom stereocenters. The lowest BCUT2D eigenvalue weighted by molar-refractivity contribution is -0.141. The van der Waals surface area contributed by atoms with Crippen LogP contribution >= 0.6 is 11.6 Å². The highest BCUT2D eigenvalue weighted by Crippen LogP contribution is 2.32. The van der Waals surface area contributed by atoms with Gasteiger partial charge in [0.05, 0.1) is 6.10 Å². The third kappa shape index (κ3) is 3.52. The van der Waals surface area contributed by atoms with Crippen molar-refractivity contribution in [2.75, 3.05) is 18.0 Å². The first-order chi connectivity index (χ1) is 9.27. The fraction of sp³-hybridized carbons (Fsp3) is 0.667. The molecule has 2 heterocycles. The van der Waals surface area contributed by atoms with E-state index in [2.05, 4.69) is 9.97 Å². The Bertz CT molecular complexity index is 474. The standard InChI is InChI=1S/C12H15ClF3N3O/c1-7(20)8-2-4-19(5-3-8)10-6-9(12(14,15)16)17-11(13)18-10/h6-8,20H,2-5H2,1H3. The number of hydrogen-bond acceptors (Lipinski definition) is 4. The second-order valence-corrected chi connectivity index (χ2v) is 5.28. The Morgan fingerprint density at radius 3 is 2.45 bits per heavy atom. The van der Waals surface area contributed by atoms with Gasteiger partial charge in [0.25, 0.3) is 0 Å². The molecule has 8 heteroatoms. The van der Waals surface area contributed by atoms with Crippen LogP contribution in [0.25, 0.3) is 0 Å². The van der Waals surface area contributed by atoms with Crippen molar-refractivity contribution in [2.24, 2.45) is 5.92 Å². The molecule has 1 fully saturated rings. The molecule has 20 heavy (non-hydrogen) atoms. The highest BCUT2D eigenvalue weighted by Gasteiger charge is 2.34. The molecule has 0 bridgehead atoms. The van der Waals surface area contributed by atoms with Gasteiger partial charge >= 0.3 is 6.18 Å². The summed E-state index contributed by atoms with van der Waals surface area (Å²) in [7, 11) is 0. The summed E-state index contributed by atoms with van der Waals surface area (Å²) < 4.78 is 38.0. The van der Waals surface area contributed by atoms with Gasteiger partial charge < -0.3 is 10.0 Å². The van der Waals surface area contributed by atoms with Crippen molar-refractivity contribution in [1.82, 2.24) is 9.97 Å². The zero-order valence-electron chi connectivity index (χ0n) is 10.9. The summed E-state index contributed by atoms with van der Waals surface area (Å²) in [6.07, 6.45) is -3.53. The molecule has 0 aromatic carbocycles. The second kappa shape index (κ2) is 5.73. The lowest BCUT2D eigenvalue weighted by Crippen LogP contribution is -2.37. The van der Waals surface area contributed by atoms with Crippen molar-refractivity contribution in [3.05, 3.63) is 17.0 Å². The molecule has 1 aliphatic heterocycles. The molecule has 1 saturated heterocycles. The van der Waals surface area contributed by atoms with E-state index < -0.39 is 23.3 Å². The molecule has 0 amide bonds. The molecular formula is C12H15ClF3N3O. The van der Waals surface area contributed by atoms with Crippen molar-refractivity contribution in [2.45, 2.75) is 32.0 Å². The van der Waals surface area contributed by atoms with Gasteiger partial charge in [-0.3, -0.25) is 0 Å². The highest BCUT2D eigenvalue weighted by molar-refractivity contribution is 6.28. The third-order valence-corrected chi connectivity index (χ3v) is 3.69. The van der Waals surface area contributed by atoms with Crippen LogP contribution in [0.2, 0.25) is 5.28 Å². The van der Waals surface area contributed by atoms with Crippen LogP contribution in [-0.2, 0) is 6.18 Å². The molecule has 0 saturated carbocycles. The second-order valence-electron chi connectivity index (χ2n) is 4.94. The molecule has 1 N–H and O–H groups in total. The van der Waals surface area contributed by atoms with E-state index in [1.165, 1.54) is 0 Å². The van der Waals surface area contributed by atoms with E-state index in [-0.39, 0.29) is 11.7 Å². The van der Waals surface area contributed by atoms with E-state index in [4.69, 9.17) is 11.6 Å². The molecular weight excluding hydrogens is 295 g/mol. The van der Waals surface area contributed by atoms with Gasteiger partial charge in [-0.15, -0.1) is 0 Å². The third-order valence-electron chi connectivity index (χ3n) is 3.52. The molecule has 1 aliphatic rings. The SMILES string of the molecule is CC(O)C1CCN(c2cc(C(F)(F)F)nc(Cl)n2)CC1. The van der Waals surface area contributed by atoms with Crippen molar-refractivity contribution in [3.8, 4) is 0 Å². The molecule has 2 rings (SSSR count). The predicted molar refractivity (Wildman–Crippen MR) is 68.7 cm³/mol. The molecule has 1 unspecified atom stereocenters. The Labute approximate surface area is 119 Å². The van der Waals surface area contributed by atoms with Crippen molar-refractivity contribution in [1.29, 1.82) is 0 Å². The Morgan fingerprint density at radius 1 is 1.35 bits per heavy atom. The van der Waals surface area contributed by atoms with Crippen LogP contribution in [0.1, 0.15) is 25.5 Å². The zero-order valence-corrected chi connectivity index (χ0v) is 11.6. The smallest absolute Gasteiger partial charge is 0.393 e. The van der Waals surface area contributed by atoms with Gasteiger partial charge in [-0.2, -0.15) is 13.2 Å². The van der Waals surface area contributed by atoms with Gasteiger partial charge in [-0.1, -0.05) is 0 Å². The summed E-state index contributed by atoms with van der Waals surface area (Å²) in [5.41, 5.74) is -1.04. The van der Waals surface area contributed by atoms with Crippen LogP contribution in [0.3, 0.4) is 0 Å². The number of rotatable bonds is 2. The lowest BCUT2D eigenvalue weighted by atomic mass is 9.92. The van der Waals surface area contributed by atoms with Gasteiger partial charge in [0.15, 0.2) is 5.69 Å². The number of aliphatic hydroxyl groups is 1. The van der Waals surface area contributed by atoms with Crippen LogP contribution in [0.5, 0.6) is 0 Å². The van der Waals surface area contributed by atoms with E-state index >= 15 is 0 Å². The highest BCUT2D eigenvalue weighted by atomic mass is 35.5. The summed E-state index contributed by atoms with van der Waals surface area (Å²) in [6, 6.07) is 0.911. The van der Waals surface area contributed by atoms with E-state index in [1.54, 1.807) is 11.8 Å². The first-order valence-corrected chi connectivity index (χ1v) is 6.70. The van der Waals surface area contributed by atoms with Crippen LogP contribution in [0.4, 0.5) is 19.0 Å². The van der Waals surface area contributed by atoms with Crippen molar-refractivity contribution < 1.29 is 18.3 Å². The minimum Gasteiger partial charge on any atom is -0.393 e. The van der Waals surface area contributed by atoms with E-state index in [0.717, 1.165) is 6.07 Å². The Hall–Kier alpha value is -1.08. The van der Waals surface area contributed by atoms with E-state index in [9.17, 15) is 18.3 Å². The lowest BCUT2D eigenvalue weighted by Gasteiger charge is -2.34.